The summed E-state index contributed by atoms with van der Waals surface area (Å²) >= 11 is 0. The number of carbonyl (C=O) groups is 5. The fourth-order valence-corrected chi connectivity index (χ4v) is 5.63. The summed E-state index contributed by atoms with van der Waals surface area (Å²) in [7, 11) is 0. The van der Waals surface area contributed by atoms with E-state index in [2.05, 4.69) is 24.1 Å². The Morgan fingerprint density at radius 3 is 2.00 bits per heavy atom. The van der Waals surface area contributed by atoms with Gasteiger partial charge >= 0.3 is 17.9 Å². The van der Waals surface area contributed by atoms with Crippen LogP contribution in [0.2, 0.25) is 0 Å². The zero-order valence-corrected chi connectivity index (χ0v) is 33.1. The van der Waals surface area contributed by atoms with Gasteiger partial charge in [0.25, 0.3) is 0 Å². The minimum Gasteiger partial charge on any atom is -0.481 e. The van der Waals surface area contributed by atoms with E-state index >= 15 is 0 Å². The molecule has 0 bridgehead atoms. The maximum Gasteiger partial charge on any atom is 0.337 e. The third-order valence-corrected chi connectivity index (χ3v) is 9.00. The molecule has 0 aliphatic heterocycles. The molecule has 0 radical (unpaired) electrons. The number of hydrogen-bond donors (Lipinski definition) is 3. The summed E-state index contributed by atoms with van der Waals surface area (Å²) in [6.07, 6.45) is 15.0. The maximum atomic E-state index is 14.0. The lowest BCUT2D eigenvalue weighted by atomic mass is 9.82. The lowest BCUT2D eigenvalue weighted by molar-refractivity contribution is -0.174. The van der Waals surface area contributed by atoms with Gasteiger partial charge in [-0.05, 0) is 63.1 Å². The number of ketones is 1. The molecule has 11 nitrogen and oxygen atoms in total. The number of hydrogen-bond acceptors (Lipinski definition) is 9. The lowest BCUT2D eigenvalue weighted by Crippen LogP contribution is -2.55. The zero-order chi connectivity index (χ0) is 40.0. The molecule has 0 aromatic heterocycles. The molecule has 3 atom stereocenters. The number of aliphatic hydroxyl groups is 1. The first-order valence-electron chi connectivity index (χ1n) is 19.9. The number of nitrogens with one attached hydrogen (secondary N) is 1. The second kappa shape index (κ2) is 29.2. The quantitative estimate of drug-likeness (QED) is 0.0300. The van der Waals surface area contributed by atoms with Crippen LogP contribution in [0.25, 0.3) is 0 Å². The normalized spacial score (nSPS) is 13.2. The SMILES string of the molecule is CC#CCOc1ccc(C[C@H](NC(=O)[C@@H](C=CCCCCCCC(=O)CCCCCCC)[C@@](O)(CC(=O)OCCCC)C(=O)O)C(=O)OCCCC)cc1. The number of esters is 2. The average molecular weight is 756 g/mol. The van der Waals surface area contributed by atoms with E-state index in [0.717, 1.165) is 44.9 Å². The van der Waals surface area contributed by atoms with Crippen LogP contribution >= 0.6 is 0 Å². The van der Waals surface area contributed by atoms with Gasteiger partial charge in [0, 0.05) is 19.3 Å². The molecule has 3 N–H and O–H groups in total. The Hall–Kier alpha value is -4.17. The number of carbonyl (C=O) groups excluding carboxylic acids is 4. The number of ether oxygens (including phenoxy) is 3. The van der Waals surface area contributed by atoms with Crippen molar-refractivity contribution < 1.29 is 48.4 Å². The van der Waals surface area contributed by atoms with Crippen LogP contribution in [-0.4, -0.2) is 71.3 Å². The van der Waals surface area contributed by atoms with Gasteiger partial charge in [-0.2, -0.15) is 0 Å². The topological polar surface area (TPSA) is 166 Å². The van der Waals surface area contributed by atoms with Crippen LogP contribution < -0.4 is 10.1 Å². The van der Waals surface area contributed by atoms with Gasteiger partial charge in [0.05, 0.1) is 25.6 Å². The smallest absolute Gasteiger partial charge is 0.337 e. The molecule has 0 saturated heterocycles. The summed E-state index contributed by atoms with van der Waals surface area (Å²) in [5.41, 5.74) is -2.20. The number of carboxylic acid groups (broad SMARTS) is 1. The van der Waals surface area contributed by atoms with Gasteiger partial charge in [-0.3, -0.25) is 14.4 Å². The van der Waals surface area contributed by atoms with Gasteiger partial charge in [-0.15, -0.1) is 5.92 Å². The molecule has 0 heterocycles. The van der Waals surface area contributed by atoms with Crippen molar-refractivity contribution in [2.45, 2.75) is 155 Å². The van der Waals surface area contributed by atoms with Crippen molar-refractivity contribution in [3.05, 3.63) is 42.0 Å². The molecule has 54 heavy (non-hydrogen) atoms. The van der Waals surface area contributed by atoms with Crippen LogP contribution in [0, 0.1) is 17.8 Å². The van der Waals surface area contributed by atoms with Crippen molar-refractivity contribution in [3.63, 3.8) is 0 Å². The van der Waals surface area contributed by atoms with E-state index in [-0.39, 0.29) is 32.0 Å². The fraction of sp³-hybridized carbons (Fsp3) is 0.651. The fourth-order valence-electron chi connectivity index (χ4n) is 5.63. The summed E-state index contributed by atoms with van der Waals surface area (Å²) < 4.78 is 16.2. The van der Waals surface area contributed by atoms with E-state index in [1.165, 1.54) is 25.3 Å². The Labute approximate surface area is 323 Å². The minimum absolute atomic E-state index is 0.00803. The molecular formula is C43H65NO10. The minimum atomic E-state index is -2.86. The number of rotatable bonds is 31. The van der Waals surface area contributed by atoms with Crippen LogP contribution in [0.3, 0.4) is 0 Å². The first kappa shape index (κ1) is 47.9. The Morgan fingerprint density at radius 2 is 1.41 bits per heavy atom. The standard InChI is InChI=1S/C43H65NO10/c1-5-9-13-16-19-22-35(45)23-20-17-14-15-18-21-24-37(43(51,42(49)50)33-39(46)53-30-11-7-3)40(47)44-38(41(48)54-31-12-8-4)32-34-25-27-36(28-26-34)52-29-10-6-2/h21,24-28,37-38,51H,5,7-9,11-20,22-23,29-33H2,1-4H3,(H,44,47)(H,49,50)/t37-,38+,43+/m1/s1. The molecule has 0 saturated carbocycles. The van der Waals surface area contributed by atoms with Crippen molar-refractivity contribution in [1.29, 1.82) is 0 Å². The molecule has 302 valence electrons. The van der Waals surface area contributed by atoms with Crippen LogP contribution in [0.5, 0.6) is 5.75 Å². The van der Waals surface area contributed by atoms with Gasteiger partial charge in [-0.1, -0.05) is 102 Å². The summed E-state index contributed by atoms with van der Waals surface area (Å²) in [6.45, 7) is 8.11. The molecule has 0 aliphatic rings. The average Bonchev–Trinajstić information content (AvgIpc) is 3.14. The second-order valence-corrected chi connectivity index (χ2v) is 13.7. The number of allylic oxidation sites excluding steroid dienone is 1. The number of aliphatic carboxylic acids is 1. The van der Waals surface area contributed by atoms with Crippen molar-refractivity contribution in [2.75, 3.05) is 19.8 Å². The number of amides is 1. The molecule has 0 fully saturated rings. The molecule has 0 aliphatic carbocycles. The van der Waals surface area contributed by atoms with E-state index < -0.39 is 47.8 Å². The molecule has 1 rings (SSSR count). The van der Waals surface area contributed by atoms with E-state index in [0.29, 0.717) is 49.8 Å². The van der Waals surface area contributed by atoms with Crippen LogP contribution in [0.15, 0.2) is 36.4 Å². The Balaban J connectivity index is 3.13. The highest BCUT2D eigenvalue weighted by molar-refractivity contribution is 5.95. The molecule has 11 heteroatoms. The van der Waals surface area contributed by atoms with E-state index in [1.54, 1.807) is 37.3 Å². The number of unbranched alkanes of at least 4 members (excludes halogenated alkanes) is 10. The molecule has 0 spiro atoms. The van der Waals surface area contributed by atoms with Crippen molar-refractivity contribution in [1.82, 2.24) is 5.32 Å². The monoisotopic (exact) mass is 755 g/mol. The van der Waals surface area contributed by atoms with Crippen LogP contribution in [-0.2, 0) is 39.9 Å². The zero-order valence-electron chi connectivity index (χ0n) is 33.1. The molecule has 1 aromatic rings. The lowest BCUT2D eigenvalue weighted by Gasteiger charge is -2.30. The number of benzene rings is 1. The van der Waals surface area contributed by atoms with Gasteiger partial charge in [0.2, 0.25) is 5.91 Å². The molecule has 1 aromatic carbocycles. The Morgan fingerprint density at radius 1 is 0.815 bits per heavy atom. The van der Waals surface area contributed by atoms with Gasteiger partial charge in [0.15, 0.2) is 5.60 Å². The van der Waals surface area contributed by atoms with Crippen LogP contribution in [0.4, 0.5) is 0 Å². The molecular weight excluding hydrogens is 690 g/mol. The molecule has 0 unspecified atom stereocenters. The summed E-state index contributed by atoms with van der Waals surface area (Å²) in [5.74, 6) is 0.264. The predicted molar refractivity (Wildman–Crippen MR) is 209 cm³/mol. The number of carboxylic acids is 1. The highest BCUT2D eigenvalue weighted by Gasteiger charge is 2.49. The predicted octanol–water partition coefficient (Wildman–Crippen LogP) is 7.45. The second-order valence-electron chi connectivity index (χ2n) is 13.7. The highest BCUT2D eigenvalue weighted by atomic mass is 16.5. The third-order valence-electron chi connectivity index (χ3n) is 9.00. The van der Waals surface area contributed by atoms with E-state index in [4.69, 9.17) is 14.2 Å². The highest BCUT2D eigenvalue weighted by Crippen LogP contribution is 2.27. The summed E-state index contributed by atoms with van der Waals surface area (Å²) in [6, 6.07) is 5.65. The van der Waals surface area contributed by atoms with Crippen molar-refractivity contribution in [2.24, 2.45) is 5.92 Å². The van der Waals surface area contributed by atoms with Crippen LogP contribution in [0.1, 0.15) is 142 Å². The van der Waals surface area contributed by atoms with Gasteiger partial charge < -0.3 is 29.7 Å². The first-order chi connectivity index (χ1) is 26.0. The first-order valence-corrected chi connectivity index (χ1v) is 19.9. The maximum absolute atomic E-state index is 14.0. The Kier molecular flexibility index (Phi) is 25.9. The van der Waals surface area contributed by atoms with Crippen molar-refractivity contribution >= 4 is 29.6 Å². The largest absolute Gasteiger partial charge is 0.481 e. The summed E-state index contributed by atoms with van der Waals surface area (Å²) in [5, 5.41) is 24.4. The van der Waals surface area contributed by atoms with Crippen molar-refractivity contribution in [3.8, 4) is 17.6 Å². The molecule has 1 amide bonds. The number of Topliss-reactive ketones (excluding diaryl/α,β-unsaturated/α-hetero) is 1. The van der Waals surface area contributed by atoms with Gasteiger partial charge in [0.1, 0.15) is 24.2 Å². The van der Waals surface area contributed by atoms with Gasteiger partial charge in [-0.25, -0.2) is 9.59 Å². The third kappa shape index (κ3) is 20.3. The Bertz CT molecular complexity index is 1350. The van der Waals surface area contributed by atoms with E-state index in [9.17, 15) is 34.2 Å². The summed E-state index contributed by atoms with van der Waals surface area (Å²) in [4.78, 5) is 64.7. The van der Waals surface area contributed by atoms with E-state index in [1.807, 2.05) is 13.8 Å².